The minimum atomic E-state index is -1.98. The minimum Gasteiger partial charge on any atom is -0.439 e. The molecule has 1 fully saturated rings. The Hall–Kier alpha value is 1.46. The smallest absolute Gasteiger partial charge is 0.313 e. The SMILES string of the molecule is C[SiH](O[Si](C)(C)C)O[Si](C)(C)O[Si](C)(C)C.C[SiH]1O[Si](C)(C)O[SiH](C)O[Si](C)(C)O1. The summed E-state index contributed by atoms with van der Waals surface area (Å²) in [5.41, 5.74) is 0. The van der Waals surface area contributed by atoms with Gasteiger partial charge in [0.15, 0.2) is 16.6 Å². The molecule has 0 aromatic carbocycles. The summed E-state index contributed by atoms with van der Waals surface area (Å²) < 4.78 is 41.9. The molecule has 0 bridgehead atoms. The van der Waals surface area contributed by atoms with E-state index in [1.165, 1.54) is 0 Å². The first kappa shape index (κ1) is 31.5. The molecule has 1 heterocycles. The van der Waals surface area contributed by atoms with Crippen molar-refractivity contribution >= 4 is 70.2 Å². The van der Waals surface area contributed by atoms with Crippen LogP contribution in [0.2, 0.25) is 98.2 Å². The molecule has 0 radical (unpaired) electrons. The zero-order valence-corrected chi connectivity index (χ0v) is 30.6. The van der Waals surface area contributed by atoms with Gasteiger partial charge >= 0.3 is 44.3 Å². The van der Waals surface area contributed by atoms with Gasteiger partial charge in [0.2, 0.25) is 0 Å². The number of hydrogen-bond donors (Lipinski definition) is 0. The van der Waals surface area contributed by atoms with Gasteiger partial charge in [0.05, 0.1) is 0 Å². The van der Waals surface area contributed by atoms with Gasteiger partial charge in [-0.3, -0.25) is 0 Å². The van der Waals surface area contributed by atoms with Crippen LogP contribution >= 0.6 is 0 Å². The average Bonchev–Trinajstić information content (AvgIpc) is 2.26. The average molecular weight is 565 g/mol. The summed E-state index contributed by atoms with van der Waals surface area (Å²) in [6.07, 6.45) is 0. The van der Waals surface area contributed by atoms with Crippen molar-refractivity contribution in [1.82, 2.24) is 0 Å². The number of rotatable bonds is 6. The Morgan fingerprint density at radius 2 is 0.967 bits per heavy atom. The summed E-state index contributed by atoms with van der Waals surface area (Å²) in [6, 6.07) is 0. The molecule has 7 nitrogen and oxygen atoms in total. The summed E-state index contributed by atoms with van der Waals surface area (Å²) in [6.45, 7) is 31.9. The normalized spacial score (nSPS) is 26.1. The van der Waals surface area contributed by atoms with Crippen molar-refractivity contribution in [2.75, 3.05) is 0 Å². The largest absolute Gasteiger partial charge is 0.439 e. The van der Waals surface area contributed by atoms with Gasteiger partial charge in [-0.05, 0) is 98.2 Å². The van der Waals surface area contributed by atoms with E-state index in [-0.39, 0.29) is 0 Å². The molecule has 182 valence electrons. The molecular formula is C15H48O7Si8. The molecule has 1 aliphatic heterocycles. The fraction of sp³-hybridized carbons (Fsp3) is 1.00. The lowest BCUT2D eigenvalue weighted by molar-refractivity contribution is 0.266. The maximum Gasteiger partial charge on any atom is 0.313 e. The molecule has 0 aliphatic carbocycles. The Balaban J connectivity index is 0.000000564. The van der Waals surface area contributed by atoms with E-state index >= 15 is 0 Å². The second-order valence-corrected chi connectivity index (χ2v) is 37.7. The van der Waals surface area contributed by atoms with E-state index in [0.717, 1.165) is 0 Å². The molecule has 1 rings (SSSR count). The molecule has 15 heteroatoms. The maximum atomic E-state index is 6.14. The van der Waals surface area contributed by atoms with E-state index in [9.17, 15) is 0 Å². The van der Waals surface area contributed by atoms with Crippen molar-refractivity contribution in [3.63, 3.8) is 0 Å². The van der Waals surface area contributed by atoms with E-state index in [1.54, 1.807) is 0 Å². The van der Waals surface area contributed by atoms with Crippen LogP contribution in [0.3, 0.4) is 0 Å². The third kappa shape index (κ3) is 17.0. The van der Waals surface area contributed by atoms with E-state index in [4.69, 9.17) is 28.8 Å². The van der Waals surface area contributed by atoms with Crippen LogP contribution in [0.15, 0.2) is 0 Å². The third-order valence-electron chi connectivity index (χ3n) is 3.32. The summed E-state index contributed by atoms with van der Waals surface area (Å²) in [5, 5.41) is 0. The van der Waals surface area contributed by atoms with Crippen molar-refractivity contribution in [3.8, 4) is 0 Å². The fourth-order valence-corrected chi connectivity index (χ4v) is 33.2. The maximum absolute atomic E-state index is 6.14. The molecule has 1 saturated heterocycles. The molecule has 0 amide bonds. The van der Waals surface area contributed by atoms with Crippen molar-refractivity contribution in [2.45, 2.75) is 98.2 Å². The molecule has 1 aliphatic rings. The van der Waals surface area contributed by atoms with Gasteiger partial charge in [-0.1, -0.05) is 0 Å². The van der Waals surface area contributed by atoms with Gasteiger partial charge in [-0.2, -0.15) is 0 Å². The second-order valence-electron chi connectivity index (χ2n) is 10.9. The molecule has 30 heavy (non-hydrogen) atoms. The third-order valence-corrected chi connectivity index (χ3v) is 29.9. The topological polar surface area (TPSA) is 64.6 Å². The lowest BCUT2D eigenvalue weighted by Gasteiger charge is -2.38. The second kappa shape index (κ2) is 11.7. The predicted molar refractivity (Wildman–Crippen MR) is 146 cm³/mol. The molecule has 0 saturated carbocycles. The Morgan fingerprint density at radius 1 is 0.633 bits per heavy atom. The van der Waals surface area contributed by atoms with Gasteiger partial charge < -0.3 is 28.8 Å². The van der Waals surface area contributed by atoms with Crippen LogP contribution in [0.5, 0.6) is 0 Å². The molecule has 1 atom stereocenters. The lowest BCUT2D eigenvalue weighted by Crippen LogP contribution is -2.55. The highest BCUT2D eigenvalue weighted by Gasteiger charge is 2.40. The van der Waals surface area contributed by atoms with Crippen LogP contribution in [0.25, 0.3) is 0 Å². The first-order chi connectivity index (χ1) is 13.0. The monoisotopic (exact) mass is 564 g/mol. The molecule has 0 spiro atoms. The summed E-state index contributed by atoms with van der Waals surface area (Å²) in [7, 11) is -13.5. The highest BCUT2D eigenvalue weighted by Crippen LogP contribution is 2.20. The number of hydrogen-bond acceptors (Lipinski definition) is 7. The zero-order chi connectivity index (χ0) is 24.2. The van der Waals surface area contributed by atoms with Crippen LogP contribution in [0.4, 0.5) is 0 Å². The van der Waals surface area contributed by atoms with Gasteiger partial charge in [0.1, 0.15) is 0 Å². The van der Waals surface area contributed by atoms with Crippen LogP contribution in [0.1, 0.15) is 0 Å². The summed E-state index contributed by atoms with van der Waals surface area (Å²) in [4.78, 5) is 0. The Kier molecular flexibility index (Phi) is 12.3. The van der Waals surface area contributed by atoms with E-state index in [0.29, 0.717) is 0 Å². The zero-order valence-electron chi connectivity index (χ0n) is 22.1. The van der Waals surface area contributed by atoms with E-state index in [2.05, 4.69) is 85.1 Å². The van der Waals surface area contributed by atoms with Crippen LogP contribution in [-0.4, -0.2) is 70.2 Å². The van der Waals surface area contributed by atoms with Gasteiger partial charge in [-0.15, -0.1) is 0 Å². The highest BCUT2D eigenvalue weighted by atomic mass is 28.5. The van der Waals surface area contributed by atoms with Crippen molar-refractivity contribution in [3.05, 3.63) is 0 Å². The van der Waals surface area contributed by atoms with Crippen LogP contribution in [-0.2, 0) is 28.8 Å². The summed E-state index contributed by atoms with van der Waals surface area (Å²) in [5.74, 6) is 0. The van der Waals surface area contributed by atoms with E-state index in [1.807, 2.05) is 13.1 Å². The van der Waals surface area contributed by atoms with Gasteiger partial charge in [0.25, 0.3) is 9.28 Å². The molecular weight excluding hydrogens is 517 g/mol. The highest BCUT2D eigenvalue weighted by molar-refractivity contribution is 6.85. The van der Waals surface area contributed by atoms with E-state index < -0.39 is 70.2 Å². The standard InChI is InChI=1S/C9H28O3Si4.C6H20O4Si4/c1-13(10-14(2,3)4)11-16(8,9)12-15(5,6)7;1-11-7-13(3,4)9-12(2)10-14(5,6)8-11/h13H,1-9H3;11-12H,1-6H3. The molecule has 0 aromatic heterocycles. The van der Waals surface area contributed by atoms with Crippen molar-refractivity contribution in [1.29, 1.82) is 0 Å². The van der Waals surface area contributed by atoms with Gasteiger partial charge in [0, 0.05) is 0 Å². The van der Waals surface area contributed by atoms with Crippen LogP contribution < -0.4 is 0 Å². The first-order valence-electron chi connectivity index (χ1n) is 10.8. The summed E-state index contributed by atoms with van der Waals surface area (Å²) >= 11 is 0. The quantitative estimate of drug-likeness (QED) is 0.442. The molecule has 0 N–H and O–H groups in total. The van der Waals surface area contributed by atoms with Crippen LogP contribution in [0, 0.1) is 0 Å². The van der Waals surface area contributed by atoms with Crippen molar-refractivity contribution < 1.29 is 28.8 Å². The predicted octanol–water partition coefficient (Wildman–Crippen LogP) is 4.43. The Morgan fingerprint density at radius 3 is 1.23 bits per heavy atom. The fourth-order valence-electron chi connectivity index (χ4n) is 3.39. The lowest BCUT2D eigenvalue weighted by atomic mass is 11.8. The first-order valence-corrected chi connectivity index (χ1v) is 32.3. The Labute approximate surface area is 196 Å². The molecule has 1 unspecified atom stereocenters. The Bertz CT molecular complexity index is 484. The minimum absolute atomic E-state index is 1.46. The van der Waals surface area contributed by atoms with Crippen molar-refractivity contribution in [2.24, 2.45) is 0 Å². The van der Waals surface area contributed by atoms with Gasteiger partial charge in [-0.25, -0.2) is 0 Å². The molecule has 0 aromatic rings.